The van der Waals surface area contributed by atoms with Crippen LogP contribution < -0.4 is 10.6 Å². The number of aryl methyl sites for hydroxylation is 1. The summed E-state index contributed by atoms with van der Waals surface area (Å²) in [6.07, 6.45) is 22.8. The number of esters is 1. The highest BCUT2D eigenvalue weighted by atomic mass is 16.5. The molecule has 1 aromatic rings. The lowest BCUT2D eigenvalue weighted by Gasteiger charge is -2.24. The van der Waals surface area contributed by atoms with E-state index >= 15 is 0 Å². The van der Waals surface area contributed by atoms with Crippen molar-refractivity contribution in [1.29, 1.82) is 0 Å². The van der Waals surface area contributed by atoms with Crippen LogP contribution in [0.25, 0.3) is 0 Å². The maximum absolute atomic E-state index is 11.7. The quantitative estimate of drug-likeness (QED) is 0.239. The average molecular weight is 487 g/mol. The largest absolute Gasteiger partial charge is 0.468 e. The Bertz CT molecular complexity index is 712. The lowest BCUT2D eigenvalue weighted by atomic mass is 10.0. The second-order valence-electron chi connectivity index (χ2n) is 6.54. The van der Waals surface area contributed by atoms with Crippen molar-refractivity contribution in [2.24, 2.45) is 0 Å². The molecule has 0 aromatic heterocycles. The first-order valence-corrected chi connectivity index (χ1v) is 11.3. The van der Waals surface area contributed by atoms with Crippen LogP contribution in [0.2, 0.25) is 0 Å². The van der Waals surface area contributed by atoms with Crippen LogP contribution in [0.3, 0.4) is 0 Å². The highest BCUT2D eigenvalue weighted by Crippen LogP contribution is 2.02. The zero-order chi connectivity index (χ0) is 28.7. The van der Waals surface area contributed by atoms with Gasteiger partial charge in [-0.05, 0) is 39.7 Å². The topological polar surface area (TPSA) is 84.5 Å². The smallest absolute Gasteiger partial charge is 0.325 e. The van der Waals surface area contributed by atoms with Gasteiger partial charge in [0, 0.05) is 0 Å². The number of carbonyl (C=O) groups excluding carboxylic acids is 3. The number of amides is 2. The molecular weight excluding hydrogens is 440 g/mol. The highest BCUT2D eigenvalue weighted by Gasteiger charge is 2.28. The van der Waals surface area contributed by atoms with Crippen molar-refractivity contribution >= 4 is 17.8 Å². The molecule has 0 saturated heterocycles. The molecule has 35 heavy (non-hydrogen) atoms. The van der Waals surface area contributed by atoms with Crippen molar-refractivity contribution in [3.05, 3.63) is 60.7 Å². The summed E-state index contributed by atoms with van der Waals surface area (Å²) < 4.78 is 4.40. The minimum atomic E-state index is -1.09. The molecule has 0 fully saturated rings. The van der Waals surface area contributed by atoms with Gasteiger partial charge in [0.2, 0.25) is 11.8 Å². The Morgan fingerprint density at radius 1 is 1.00 bits per heavy atom. The molecule has 0 radical (unpaired) electrons. The van der Waals surface area contributed by atoms with E-state index in [1.54, 1.807) is 19.9 Å². The molecule has 6 heteroatoms. The maximum Gasteiger partial charge on any atom is 0.325 e. The van der Waals surface area contributed by atoms with Gasteiger partial charge in [-0.1, -0.05) is 75.7 Å². The minimum absolute atomic E-state index is 0.223. The number of terminal acetylenes is 2. The van der Waals surface area contributed by atoms with Crippen LogP contribution >= 0.6 is 0 Å². The molecule has 2 amide bonds. The van der Waals surface area contributed by atoms with E-state index in [4.69, 9.17) is 0 Å². The second kappa shape index (κ2) is 32.4. The number of allylic oxidation sites excluding steroid dienone is 2. The van der Waals surface area contributed by atoms with Gasteiger partial charge >= 0.3 is 5.97 Å². The van der Waals surface area contributed by atoms with Gasteiger partial charge in [-0.15, -0.1) is 32.3 Å². The first-order chi connectivity index (χ1) is 16.6. The average Bonchev–Trinajstić information content (AvgIpc) is 2.90. The Kier molecular flexibility index (Phi) is 38.4. The summed E-state index contributed by atoms with van der Waals surface area (Å²) in [5.74, 6) is -1.35. The Labute approximate surface area is 214 Å². The molecule has 0 bridgehead atoms. The SMILES string of the molecule is C#C.C#C.C=CCC.CC.CC/C=C/C(=O)NC(C)(C)C(=O)NCC(=O)OC.Cc1ccccc1. The van der Waals surface area contributed by atoms with Gasteiger partial charge < -0.3 is 15.4 Å². The van der Waals surface area contributed by atoms with E-state index in [9.17, 15) is 14.4 Å². The van der Waals surface area contributed by atoms with E-state index < -0.39 is 17.4 Å². The number of benzene rings is 1. The summed E-state index contributed by atoms with van der Waals surface area (Å²) in [6.45, 7) is 16.4. The number of methoxy groups -OCH3 is 1. The Morgan fingerprint density at radius 2 is 1.46 bits per heavy atom. The number of hydrogen-bond acceptors (Lipinski definition) is 4. The fourth-order valence-corrected chi connectivity index (χ4v) is 1.61. The van der Waals surface area contributed by atoms with Gasteiger partial charge in [-0.2, -0.15) is 0 Å². The van der Waals surface area contributed by atoms with E-state index in [1.807, 2.05) is 45.0 Å². The van der Waals surface area contributed by atoms with E-state index in [-0.39, 0.29) is 12.5 Å². The molecule has 0 aliphatic carbocycles. The van der Waals surface area contributed by atoms with Crippen molar-refractivity contribution in [3.63, 3.8) is 0 Å². The highest BCUT2D eigenvalue weighted by molar-refractivity contribution is 5.95. The van der Waals surface area contributed by atoms with Gasteiger partial charge in [0.05, 0.1) is 7.11 Å². The number of hydrogen-bond donors (Lipinski definition) is 2. The summed E-state index contributed by atoms with van der Waals surface area (Å²) in [7, 11) is 1.23. The Morgan fingerprint density at radius 3 is 1.77 bits per heavy atom. The van der Waals surface area contributed by atoms with Gasteiger partial charge in [-0.25, -0.2) is 0 Å². The number of rotatable bonds is 7. The lowest BCUT2D eigenvalue weighted by Crippen LogP contribution is -2.55. The first kappa shape index (κ1) is 41.5. The molecule has 0 unspecified atom stereocenters. The molecular formula is C29H46N2O4. The number of ether oxygens (including phenoxy) is 1. The van der Waals surface area contributed by atoms with Crippen LogP contribution in [-0.4, -0.2) is 37.0 Å². The summed E-state index contributed by atoms with van der Waals surface area (Å²) in [5, 5.41) is 4.93. The number of carbonyl (C=O) groups is 3. The van der Waals surface area contributed by atoms with Crippen molar-refractivity contribution in [2.45, 2.75) is 66.8 Å². The van der Waals surface area contributed by atoms with Crippen LogP contribution in [0, 0.1) is 32.6 Å². The summed E-state index contributed by atoms with van der Waals surface area (Å²) in [4.78, 5) is 34.1. The third-order valence-corrected chi connectivity index (χ3v) is 3.36. The van der Waals surface area contributed by atoms with Crippen molar-refractivity contribution in [1.82, 2.24) is 10.6 Å². The molecule has 1 aromatic carbocycles. The van der Waals surface area contributed by atoms with Crippen molar-refractivity contribution in [3.8, 4) is 25.7 Å². The fraction of sp³-hybridized carbons (Fsp3) is 0.414. The number of nitrogens with one attached hydrogen (secondary N) is 2. The fourth-order valence-electron chi connectivity index (χ4n) is 1.61. The van der Waals surface area contributed by atoms with E-state index in [2.05, 4.69) is 73.6 Å². The molecule has 0 saturated carbocycles. The molecule has 6 nitrogen and oxygen atoms in total. The zero-order valence-corrected chi connectivity index (χ0v) is 22.9. The van der Waals surface area contributed by atoms with Gasteiger partial charge in [0.25, 0.3) is 0 Å². The predicted molar refractivity (Wildman–Crippen MR) is 149 cm³/mol. The second-order valence-corrected chi connectivity index (χ2v) is 6.54. The maximum atomic E-state index is 11.7. The standard InChI is InChI=1S/C12H20N2O4.C7H8.C4H8.C2H6.2C2H2/c1-5-6-7-9(15)14-12(2,3)11(17)13-8-10(16)18-4;1-7-5-3-2-4-6-7;1-3-4-2;3*1-2/h6-7H,5,8H2,1-4H3,(H,13,17)(H,14,15);2-6H,1H3;3H,1,4H2,2H3;1-2H3;2*1-2H/b7-6+;;;;;. The molecule has 0 spiro atoms. The molecule has 2 N–H and O–H groups in total. The van der Waals surface area contributed by atoms with Gasteiger partial charge in [0.15, 0.2) is 0 Å². The first-order valence-electron chi connectivity index (χ1n) is 11.3. The summed E-state index contributed by atoms with van der Waals surface area (Å²) in [5.41, 5.74) is 0.228. The van der Waals surface area contributed by atoms with Crippen LogP contribution in [0.1, 0.15) is 59.9 Å². The van der Waals surface area contributed by atoms with E-state index in [0.29, 0.717) is 0 Å². The van der Waals surface area contributed by atoms with Crippen LogP contribution in [0.4, 0.5) is 0 Å². The van der Waals surface area contributed by atoms with E-state index in [0.717, 1.165) is 12.8 Å². The zero-order valence-electron chi connectivity index (χ0n) is 22.9. The minimum Gasteiger partial charge on any atom is -0.468 e. The van der Waals surface area contributed by atoms with Gasteiger partial charge in [-0.3, -0.25) is 14.4 Å². The monoisotopic (exact) mass is 486 g/mol. The van der Waals surface area contributed by atoms with Crippen LogP contribution in [0.15, 0.2) is 55.1 Å². The van der Waals surface area contributed by atoms with Crippen molar-refractivity contribution < 1.29 is 19.1 Å². The molecule has 196 valence electrons. The molecule has 0 aliphatic heterocycles. The predicted octanol–water partition coefficient (Wildman–Crippen LogP) is 5.24. The van der Waals surface area contributed by atoms with Crippen LogP contribution in [-0.2, 0) is 19.1 Å². The molecule has 0 atom stereocenters. The Balaban J connectivity index is -0.000000144. The third kappa shape index (κ3) is 32.5. The van der Waals surface area contributed by atoms with Crippen LogP contribution in [0.5, 0.6) is 0 Å². The third-order valence-electron chi connectivity index (χ3n) is 3.36. The molecule has 0 heterocycles. The molecule has 1 rings (SSSR count). The summed E-state index contributed by atoms with van der Waals surface area (Å²) in [6, 6.07) is 10.3. The normalized spacial score (nSPS) is 8.46. The van der Waals surface area contributed by atoms with Crippen molar-refractivity contribution in [2.75, 3.05) is 13.7 Å². The van der Waals surface area contributed by atoms with Gasteiger partial charge in [0.1, 0.15) is 12.1 Å². The lowest BCUT2D eigenvalue weighted by molar-refractivity contribution is -0.141. The Hall–Kier alpha value is -3.77. The molecule has 0 aliphatic rings. The summed E-state index contributed by atoms with van der Waals surface area (Å²) >= 11 is 0. The van der Waals surface area contributed by atoms with E-state index in [1.165, 1.54) is 18.7 Å².